The molecule has 1 amide bonds. The lowest BCUT2D eigenvalue weighted by atomic mass is 10.2. The number of ether oxygens (including phenoxy) is 2. The van der Waals surface area contributed by atoms with Gasteiger partial charge in [-0.25, -0.2) is 9.18 Å². The van der Waals surface area contributed by atoms with E-state index in [0.29, 0.717) is 0 Å². The highest BCUT2D eigenvalue weighted by Crippen LogP contribution is 2.10. The molecule has 2 rings (SSSR count). The number of methoxy groups -OCH3 is 1. The Bertz CT molecular complexity index is 755. The molecular formula is C16H14FNO6. The molecule has 24 heavy (non-hydrogen) atoms. The second-order valence-corrected chi connectivity index (χ2v) is 4.58. The van der Waals surface area contributed by atoms with E-state index in [4.69, 9.17) is 9.15 Å². The number of carbonyl (C=O) groups is 3. The van der Waals surface area contributed by atoms with Gasteiger partial charge in [-0.2, -0.15) is 0 Å². The molecule has 0 spiro atoms. The number of hydrogen-bond acceptors (Lipinski definition) is 6. The van der Waals surface area contributed by atoms with E-state index in [1.165, 1.54) is 37.4 Å². The molecule has 0 radical (unpaired) electrons. The summed E-state index contributed by atoms with van der Waals surface area (Å²) in [5, 5.41) is 2.25. The van der Waals surface area contributed by atoms with Gasteiger partial charge in [-0.05, 0) is 24.3 Å². The number of furan rings is 1. The molecule has 0 aliphatic rings. The van der Waals surface area contributed by atoms with Gasteiger partial charge in [0.1, 0.15) is 24.7 Å². The number of esters is 2. The van der Waals surface area contributed by atoms with Crippen molar-refractivity contribution in [3.63, 3.8) is 0 Å². The number of rotatable bonds is 6. The van der Waals surface area contributed by atoms with Crippen LogP contribution in [0.1, 0.15) is 26.7 Å². The minimum Gasteiger partial charge on any atom is -0.463 e. The Kier molecular flexibility index (Phi) is 5.67. The highest BCUT2D eigenvalue weighted by atomic mass is 19.1. The smallest absolute Gasteiger partial charge is 0.373 e. The van der Waals surface area contributed by atoms with Crippen LogP contribution in [0, 0.1) is 5.82 Å². The molecule has 1 N–H and O–H groups in total. The summed E-state index contributed by atoms with van der Waals surface area (Å²) in [6.07, 6.45) is 0. The maximum Gasteiger partial charge on any atom is 0.373 e. The molecule has 0 saturated heterocycles. The summed E-state index contributed by atoms with van der Waals surface area (Å²) >= 11 is 0. The Morgan fingerprint density at radius 3 is 2.62 bits per heavy atom. The van der Waals surface area contributed by atoms with Crippen molar-refractivity contribution in [1.29, 1.82) is 0 Å². The summed E-state index contributed by atoms with van der Waals surface area (Å²) in [6, 6.07) is 8.24. The number of nitrogens with one attached hydrogen (secondary N) is 1. The summed E-state index contributed by atoms with van der Waals surface area (Å²) in [5.74, 6) is -2.58. The molecular weight excluding hydrogens is 321 g/mol. The van der Waals surface area contributed by atoms with Gasteiger partial charge in [-0.3, -0.25) is 9.59 Å². The van der Waals surface area contributed by atoms with Crippen LogP contribution in [-0.2, 0) is 20.9 Å². The monoisotopic (exact) mass is 335 g/mol. The zero-order chi connectivity index (χ0) is 17.5. The minimum atomic E-state index is -0.740. The molecule has 1 aromatic heterocycles. The van der Waals surface area contributed by atoms with E-state index in [1.54, 1.807) is 0 Å². The number of halogens is 1. The Morgan fingerprint density at radius 1 is 1.17 bits per heavy atom. The lowest BCUT2D eigenvalue weighted by molar-refractivity contribution is -0.144. The van der Waals surface area contributed by atoms with Crippen molar-refractivity contribution in [2.45, 2.75) is 6.61 Å². The first-order valence-electron chi connectivity index (χ1n) is 6.86. The molecule has 126 valence electrons. The fraction of sp³-hybridized carbons (Fsp3) is 0.188. The van der Waals surface area contributed by atoms with Crippen molar-refractivity contribution in [3.05, 3.63) is 59.3 Å². The molecule has 1 heterocycles. The van der Waals surface area contributed by atoms with Crippen LogP contribution in [0.5, 0.6) is 0 Å². The van der Waals surface area contributed by atoms with Gasteiger partial charge in [0.2, 0.25) is 5.76 Å². The number of carbonyl (C=O) groups excluding carboxylic acids is 3. The molecule has 0 aliphatic heterocycles. The normalized spacial score (nSPS) is 10.1. The number of amides is 1. The van der Waals surface area contributed by atoms with E-state index >= 15 is 0 Å². The summed E-state index contributed by atoms with van der Waals surface area (Å²) in [7, 11) is 1.21. The third-order valence-corrected chi connectivity index (χ3v) is 2.94. The maximum atomic E-state index is 13.4. The van der Waals surface area contributed by atoms with Crippen molar-refractivity contribution in [3.8, 4) is 0 Å². The summed E-state index contributed by atoms with van der Waals surface area (Å²) in [4.78, 5) is 34.5. The van der Waals surface area contributed by atoms with Crippen LogP contribution in [-0.4, -0.2) is 31.5 Å². The van der Waals surface area contributed by atoms with Crippen molar-refractivity contribution < 1.29 is 32.7 Å². The van der Waals surface area contributed by atoms with Crippen LogP contribution in [0.4, 0.5) is 4.39 Å². The van der Waals surface area contributed by atoms with Gasteiger partial charge in [-0.1, -0.05) is 12.1 Å². The molecule has 0 saturated carbocycles. The van der Waals surface area contributed by atoms with Gasteiger partial charge in [0.25, 0.3) is 5.91 Å². The first kappa shape index (κ1) is 17.2. The van der Waals surface area contributed by atoms with Crippen LogP contribution in [0.2, 0.25) is 0 Å². The number of benzene rings is 1. The van der Waals surface area contributed by atoms with Crippen molar-refractivity contribution in [2.75, 3.05) is 13.7 Å². The summed E-state index contributed by atoms with van der Waals surface area (Å²) in [6.45, 7) is -0.650. The van der Waals surface area contributed by atoms with Gasteiger partial charge in [-0.15, -0.1) is 0 Å². The first-order valence-corrected chi connectivity index (χ1v) is 6.86. The Labute approximate surface area is 136 Å². The van der Waals surface area contributed by atoms with Crippen molar-refractivity contribution >= 4 is 17.8 Å². The third-order valence-electron chi connectivity index (χ3n) is 2.94. The predicted octanol–water partition coefficient (Wildman–Crippen LogP) is 1.68. The first-order chi connectivity index (χ1) is 11.5. The standard InChI is InChI=1S/C16H14FNO6/c1-22-16(21)13-7-6-10(24-13)9-23-14(19)8-18-15(20)11-4-2-3-5-12(11)17/h2-7H,8-9H2,1H3,(H,18,20). The van der Waals surface area contributed by atoms with E-state index in [-0.39, 0.29) is 23.7 Å². The van der Waals surface area contributed by atoms with Gasteiger partial charge in [0.05, 0.1) is 12.7 Å². The minimum absolute atomic E-state index is 0.0172. The second-order valence-electron chi connectivity index (χ2n) is 4.58. The van der Waals surface area contributed by atoms with E-state index in [2.05, 4.69) is 10.1 Å². The van der Waals surface area contributed by atoms with Crippen LogP contribution >= 0.6 is 0 Å². The van der Waals surface area contributed by atoms with Gasteiger partial charge >= 0.3 is 11.9 Å². The highest BCUT2D eigenvalue weighted by molar-refractivity contribution is 5.96. The molecule has 1 aromatic carbocycles. The molecule has 0 aliphatic carbocycles. The topological polar surface area (TPSA) is 94.8 Å². The van der Waals surface area contributed by atoms with Crippen LogP contribution in [0.15, 0.2) is 40.8 Å². The lowest BCUT2D eigenvalue weighted by Crippen LogP contribution is -2.31. The molecule has 0 fully saturated rings. The van der Waals surface area contributed by atoms with E-state index < -0.39 is 30.2 Å². The second kappa shape index (κ2) is 7.91. The SMILES string of the molecule is COC(=O)c1ccc(COC(=O)CNC(=O)c2ccccc2F)o1. The molecule has 8 heteroatoms. The van der Waals surface area contributed by atoms with Gasteiger partial charge in [0, 0.05) is 0 Å². The highest BCUT2D eigenvalue weighted by Gasteiger charge is 2.14. The number of hydrogen-bond donors (Lipinski definition) is 1. The van der Waals surface area contributed by atoms with E-state index in [9.17, 15) is 18.8 Å². The molecule has 0 bridgehead atoms. The van der Waals surface area contributed by atoms with Crippen LogP contribution < -0.4 is 5.32 Å². The fourth-order valence-corrected chi connectivity index (χ4v) is 1.76. The van der Waals surface area contributed by atoms with Crippen LogP contribution in [0.3, 0.4) is 0 Å². The Hall–Kier alpha value is -3.16. The average molecular weight is 335 g/mol. The van der Waals surface area contributed by atoms with Crippen LogP contribution in [0.25, 0.3) is 0 Å². The van der Waals surface area contributed by atoms with Gasteiger partial charge in [0.15, 0.2) is 0 Å². The quantitative estimate of drug-likeness (QED) is 0.807. The largest absolute Gasteiger partial charge is 0.463 e. The summed E-state index contributed by atoms with van der Waals surface area (Å²) in [5.41, 5.74) is -0.168. The Morgan fingerprint density at radius 2 is 1.92 bits per heavy atom. The lowest BCUT2D eigenvalue weighted by Gasteiger charge is -2.06. The maximum absolute atomic E-state index is 13.4. The molecule has 0 unspecified atom stereocenters. The predicted molar refractivity (Wildman–Crippen MR) is 78.6 cm³/mol. The third kappa shape index (κ3) is 4.42. The fourth-order valence-electron chi connectivity index (χ4n) is 1.76. The average Bonchev–Trinajstić information content (AvgIpc) is 3.06. The zero-order valence-corrected chi connectivity index (χ0v) is 12.7. The molecule has 7 nitrogen and oxygen atoms in total. The zero-order valence-electron chi connectivity index (χ0n) is 12.7. The van der Waals surface area contributed by atoms with Gasteiger partial charge < -0.3 is 19.2 Å². The van der Waals surface area contributed by atoms with Crippen molar-refractivity contribution in [1.82, 2.24) is 5.32 Å². The van der Waals surface area contributed by atoms with E-state index in [0.717, 1.165) is 6.07 Å². The Balaban J connectivity index is 1.79. The molecule has 2 aromatic rings. The summed E-state index contributed by atoms with van der Waals surface area (Å²) < 4.78 is 27.9. The van der Waals surface area contributed by atoms with E-state index in [1.807, 2.05) is 0 Å². The molecule has 0 atom stereocenters. The van der Waals surface area contributed by atoms with Crippen molar-refractivity contribution in [2.24, 2.45) is 0 Å².